The molecular formula is C14H18N2O2S. The van der Waals surface area contributed by atoms with Gasteiger partial charge in [-0.05, 0) is 37.0 Å². The topological polar surface area (TPSA) is 64.3 Å². The summed E-state index contributed by atoms with van der Waals surface area (Å²) in [4.78, 5) is 12.5. The van der Waals surface area contributed by atoms with Gasteiger partial charge in [0.25, 0.3) is 0 Å². The first-order valence-corrected chi connectivity index (χ1v) is 7.57. The molecule has 1 saturated heterocycles. The van der Waals surface area contributed by atoms with E-state index in [2.05, 4.69) is 5.32 Å². The summed E-state index contributed by atoms with van der Waals surface area (Å²) in [6.45, 7) is 1.67. The quantitative estimate of drug-likeness (QED) is 0.816. The average Bonchev–Trinajstić information content (AvgIpc) is 2.41. The molecule has 2 heterocycles. The predicted octanol–water partition coefficient (Wildman–Crippen LogP) is 2.42. The lowest BCUT2D eigenvalue weighted by molar-refractivity contribution is -0.116. The van der Waals surface area contributed by atoms with Gasteiger partial charge in [0.2, 0.25) is 5.91 Å². The van der Waals surface area contributed by atoms with Crippen LogP contribution in [0.2, 0.25) is 0 Å². The second-order valence-electron chi connectivity index (χ2n) is 5.02. The van der Waals surface area contributed by atoms with Gasteiger partial charge in [-0.1, -0.05) is 0 Å². The number of anilines is 2. The third-order valence-electron chi connectivity index (χ3n) is 3.59. The minimum absolute atomic E-state index is 0.0966. The summed E-state index contributed by atoms with van der Waals surface area (Å²) in [6, 6.07) is 4.04. The molecule has 2 aliphatic heterocycles. The molecule has 19 heavy (non-hydrogen) atoms. The van der Waals surface area contributed by atoms with Crippen LogP contribution in [0.4, 0.5) is 11.4 Å². The lowest BCUT2D eigenvalue weighted by Crippen LogP contribution is -2.20. The summed E-state index contributed by atoms with van der Waals surface area (Å²) in [5.74, 6) is 0.0966. The van der Waals surface area contributed by atoms with Gasteiger partial charge in [-0.25, -0.2) is 0 Å². The van der Waals surface area contributed by atoms with Gasteiger partial charge in [0.05, 0.1) is 0 Å². The van der Waals surface area contributed by atoms with Crippen molar-refractivity contribution in [2.75, 3.05) is 24.3 Å². The summed E-state index contributed by atoms with van der Waals surface area (Å²) in [5, 5.41) is 3.50. The highest BCUT2D eigenvalue weighted by Gasteiger charge is 2.20. The highest BCUT2D eigenvalue weighted by Crippen LogP contribution is 2.37. The van der Waals surface area contributed by atoms with E-state index in [0.29, 0.717) is 11.7 Å². The number of nitrogen functional groups attached to an aromatic ring is 1. The van der Waals surface area contributed by atoms with Crippen molar-refractivity contribution in [3.05, 3.63) is 17.7 Å². The largest absolute Gasteiger partial charge is 0.398 e. The number of nitrogens with two attached hydrogens (primary N) is 1. The normalized spacial score (nSPS) is 19.9. The molecule has 1 aromatic carbocycles. The molecule has 1 amide bonds. The highest BCUT2D eigenvalue weighted by molar-refractivity contribution is 8.00. The van der Waals surface area contributed by atoms with Crippen molar-refractivity contribution in [2.45, 2.75) is 35.8 Å². The van der Waals surface area contributed by atoms with Gasteiger partial charge in [0.15, 0.2) is 0 Å². The van der Waals surface area contributed by atoms with Crippen LogP contribution in [0.3, 0.4) is 0 Å². The molecule has 0 aromatic heterocycles. The van der Waals surface area contributed by atoms with Crippen LogP contribution in [0, 0.1) is 0 Å². The second-order valence-corrected chi connectivity index (χ2v) is 6.37. The van der Waals surface area contributed by atoms with E-state index in [1.165, 1.54) is 0 Å². The SMILES string of the molecule is Nc1cc2c(cc1SC1CCOCC1)NC(=O)CC2. The number of aryl methyl sites for hydroxylation is 1. The van der Waals surface area contributed by atoms with Crippen LogP contribution >= 0.6 is 11.8 Å². The Labute approximate surface area is 117 Å². The molecule has 102 valence electrons. The van der Waals surface area contributed by atoms with Gasteiger partial charge in [-0.2, -0.15) is 0 Å². The van der Waals surface area contributed by atoms with Crippen LogP contribution in [0.5, 0.6) is 0 Å². The summed E-state index contributed by atoms with van der Waals surface area (Å²) in [5.41, 5.74) is 9.03. The van der Waals surface area contributed by atoms with E-state index in [-0.39, 0.29) is 5.91 Å². The van der Waals surface area contributed by atoms with Crippen LogP contribution in [-0.2, 0) is 16.0 Å². The Kier molecular flexibility index (Phi) is 3.66. The molecular weight excluding hydrogens is 260 g/mol. The van der Waals surface area contributed by atoms with E-state index in [9.17, 15) is 4.79 Å². The predicted molar refractivity (Wildman–Crippen MR) is 77.5 cm³/mol. The number of benzene rings is 1. The molecule has 0 saturated carbocycles. The molecule has 2 aliphatic rings. The minimum atomic E-state index is 0.0966. The minimum Gasteiger partial charge on any atom is -0.398 e. The van der Waals surface area contributed by atoms with Crippen LogP contribution in [0.15, 0.2) is 17.0 Å². The molecule has 1 fully saturated rings. The van der Waals surface area contributed by atoms with Crippen molar-refractivity contribution in [2.24, 2.45) is 0 Å². The van der Waals surface area contributed by atoms with Crippen LogP contribution in [-0.4, -0.2) is 24.4 Å². The Morgan fingerprint density at radius 3 is 2.84 bits per heavy atom. The molecule has 5 heteroatoms. The van der Waals surface area contributed by atoms with E-state index in [1.54, 1.807) is 0 Å². The third kappa shape index (κ3) is 2.87. The van der Waals surface area contributed by atoms with Crippen molar-refractivity contribution in [1.29, 1.82) is 0 Å². The third-order valence-corrected chi connectivity index (χ3v) is 5.01. The van der Waals surface area contributed by atoms with E-state index in [1.807, 2.05) is 23.9 Å². The van der Waals surface area contributed by atoms with Crippen molar-refractivity contribution in [3.63, 3.8) is 0 Å². The first-order valence-electron chi connectivity index (χ1n) is 6.69. The zero-order chi connectivity index (χ0) is 13.2. The number of hydrogen-bond donors (Lipinski definition) is 2. The zero-order valence-electron chi connectivity index (χ0n) is 10.8. The van der Waals surface area contributed by atoms with Crippen LogP contribution < -0.4 is 11.1 Å². The lowest BCUT2D eigenvalue weighted by Gasteiger charge is -2.24. The van der Waals surface area contributed by atoms with Gasteiger partial charge >= 0.3 is 0 Å². The number of rotatable bonds is 2. The molecule has 0 aliphatic carbocycles. The van der Waals surface area contributed by atoms with Crippen LogP contribution in [0.25, 0.3) is 0 Å². The van der Waals surface area contributed by atoms with Crippen molar-refractivity contribution >= 4 is 29.0 Å². The van der Waals surface area contributed by atoms with E-state index in [0.717, 1.165) is 54.3 Å². The highest BCUT2D eigenvalue weighted by atomic mass is 32.2. The number of amides is 1. The summed E-state index contributed by atoms with van der Waals surface area (Å²) < 4.78 is 5.37. The van der Waals surface area contributed by atoms with E-state index >= 15 is 0 Å². The van der Waals surface area contributed by atoms with E-state index in [4.69, 9.17) is 10.5 Å². The first kappa shape index (κ1) is 12.8. The van der Waals surface area contributed by atoms with Gasteiger partial charge in [0, 0.05) is 41.2 Å². The molecule has 0 atom stereocenters. The number of nitrogens with one attached hydrogen (secondary N) is 1. The Hall–Kier alpha value is -1.20. The number of carbonyl (C=O) groups excluding carboxylic acids is 1. The molecule has 1 aromatic rings. The average molecular weight is 278 g/mol. The molecule has 3 N–H and O–H groups in total. The summed E-state index contributed by atoms with van der Waals surface area (Å²) in [6.07, 6.45) is 3.47. The second kappa shape index (κ2) is 5.43. The summed E-state index contributed by atoms with van der Waals surface area (Å²) in [7, 11) is 0. The number of fused-ring (bicyclic) bond motifs is 1. The van der Waals surface area contributed by atoms with E-state index < -0.39 is 0 Å². The Morgan fingerprint density at radius 2 is 2.05 bits per heavy atom. The van der Waals surface area contributed by atoms with Crippen LogP contribution in [0.1, 0.15) is 24.8 Å². The fraction of sp³-hybridized carbons (Fsp3) is 0.500. The molecule has 0 spiro atoms. The van der Waals surface area contributed by atoms with Gasteiger partial charge in [-0.15, -0.1) is 11.8 Å². The Bertz CT molecular complexity index is 498. The zero-order valence-corrected chi connectivity index (χ0v) is 11.6. The van der Waals surface area contributed by atoms with Gasteiger partial charge in [-0.3, -0.25) is 4.79 Å². The maximum atomic E-state index is 11.4. The standard InChI is InChI=1S/C14H18N2O2S/c15-11-7-9-1-2-14(17)16-12(9)8-13(11)19-10-3-5-18-6-4-10/h7-8,10H,1-6,15H2,(H,16,17). The van der Waals surface area contributed by atoms with Crippen molar-refractivity contribution in [1.82, 2.24) is 0 Å². The molecule has 4 nitrogen and oxygen atoms in total. The van der Waals surface area contributed by atoms with Crippen molar-refractivity contribution < 1.29 is 9.53 Å². The fourth-order valence-electron chi connectivity index (χ4n) is 2.50. The Balaban J connectivity index is 1.80. The first-order chi connectivity index (χ1) is 9.22. The molecule has 0 unspecified atom stereocenters. The monoisotopic (exact) mass is 278 g/mol. The van der Waals surface area contributed by atoms with Gasteiger partial charge in [0.1, 0.15) is 0 Å². The Morgan fingerprint density at radius 1 is 1.26 bits per heavy atom. The lowest BCUT2D eigenvalue weighted by atomic mass is 10.0. The fourth-order valence-corrected chi connectivity index (χ4v) is 3.67. The maximum Gasteiger partial charge on any atom is 0.224 e. The maximum absolute atomic E-state index is 11.4. The van der Waals surface area contributed by atoms with Gasteiger partial charge < -0.3 is 15.8 Å². The molecule has 3 rings (SSSR count). The smallest absolute Gasteiger partial charge is 0.224 e. The molecule has 0 radical (unpaired) electrons. The number of carbonyl (C=O) groups is 1. The van der Waals surface area contributed by atoms with Crippen molar-refractivity contribution in [3.8, 4) is 0 Å². The molecule has 0 bridgehead atoms. The number of thioether (sulfide) groups is 1. The summed E-state index contributed by atoms with van der Waals surface area (Å²) >= 11 is 1.81. The number of ether oxygens (including phenoxy) is 1. The number of hydrogen-bond acceptors (Lipinski definition) is 4.